The van der Waals surface area contributed by atoms with Crippen molar-refractivity contribution in [3.05, 3.63) is 34.9 Å². The first kappa shape index (κ1) is 14.6. The Morgan fingerprint density at radius 1 is 1.45 bits per heavy atom. The van der Waals surface area contributed by atoms with Gasteiger partial charge in [-0.1, -0.05) is 17.9 Å². The van der Waals surface area contributed by atoms with Crippen molar-refractivity contribution in [2.45, 2.75) is 26.7 Å². The summed E-state index contributed by atoms with van der Waals surface area (Å²) in [6.07, 6.45) is 2.48. The van der Waals surface area contributed by atoms with Crippen molar-refractivity contribution >= 4 is 5.91 Å². The van der Waals surface area contributed by atoms with Gasteiger partial charge in [0.05, 0.1) is 0 Å². The normalized spacial score (nSPS) is 13.6. The van der Waals surface area contributed by atoms with Crippen molar-refractivity contribution in [2.75, 3.05) is 19.7 Å². The van der Waals surface area contributed by atoms with Gasteiger partial charge in [0.1, 0.15) is 6.61 Å². The lowest BCUT2D eigenvalue weighted by molar-refractivity contribution is 0.0756. The molecule has 0 saturated heterocycles. The lowest BCUT2D eigenvalue weighted by Crippen LogP contribution is -2.33. The van der Waals surface area contributed by atoms with Crippen molar-refractivity contribution in [3.63, 3.8) is 0 Å². The number of nitrogens with zero attached hydrogens (tertiary/aromatic N) is 1. The molecule has 0 radical (unpaired) electrons. The van der Waals surface area contributed by atoms with E-state index in [1.54, 1.807) is 0 Å². The number of hydrogen-bond acceptors (Lipinski definition) is 2. The maximum absolute atomic E-state index is 12.6. The van der Waals surface area contributed by atoms with Gasteiger partial charge >= 0.3 is 0 Å². The molecule has 0 aromatic heterocycles. The molecule has 3 nitrogen and oxygen atoms in total. The lowest BCUT2D eigenvalue weighted by Gasteiger charge is -2.21. The molecule has 3 heteroatoms. The molecule has 0 unspecified atom stereocenters. The minimum absolute atomic E-state index is 0.0875. The Morgan fingerprint density at radius 3 is 2.80 bits per heavy atom. The van der Waals surface area contributed by atoms with Gasteiger partial charge in [0.2, 0.25) is 0 Å². The third-order valence-corrected chi connectivity index (χ3v) is 3.62. The Labute approximate surface area is 120 Å². The number of hydrogen-bond donors (Lipinski definition) is 1. The molecule has 0 heterocycles. The molecule has 1 N–H and O–H groups in total. The third kappa shape index (κ3) is 3.61. The summed E-state index contributed by atoms with van der Waals surface area (Å²) >= 11 is 0. The van der Waals surface area contributed by atoms with E-state index in [1.807, 2.05) is 36.9 Å². The first-order chi connectivity index (χ1) is 9.65. The molecule has 1 aromatic carbocycles. The second-order valence-electron chi connectivity index (χ2n) is 5.28. The maximum Gasteiger partial charge on any atom is 0.254 e. The number of aryl methyl sites for hydroxylation is 1. The predicted octanol–water partition coefficient (Wildman–Crippen LogP) is 2.21. The van der Waals surface area contributed by atoms with Gasteiger partial charge in [-0.2, -0.15) is 0 Å². The number of benzene rings is 1. The van der Waals surface area contributed by atoms with E-state index in [0.717, 1.165) is 29.8 Å². The number of aliphatic hydroxyl groups excluding tert-OH is 1. The van der Waals surface area contributed by atoms with E-state index < -0.39 is 0 Å². The van der Waals surface area contributed by atoms with E-state index >= 15 is 0 Å². The minimum atomic E-state index is -0.167. The highest BCUT2D eigenvalue weighted by Gasteiger charge is 2.26. The predicted molar refractivity (Wildman–Crippen MR) is 79.4 cm³/mol. The van der Waals surface area contributed by atoms with Gasteiger partial charge in [0.15, 0.2) is 0 Å². The van der Waals surface area contributed by atoms with Crippen LogP contribution in [0.5, 0.6) is 0 Å². The second-order valence-corrected chi connectivity index (χ2v) is 5.28. The van der Waals surface area contributed by atoms with Crippen LogP contribution in [0.3, 0.4) is 0 Å². The first-order valence-electron chi connectivity index (χ1n) is 7.15. The Hall–Kier alpha value is -1.79. The maximum atomic E-state index is 12.6. The smallest absolute Gasteiger partial charge is 0.254 e. The van der Waals surface area contributed by atoms with Gasteiger partial charge in [-0.15, -0.1) is 0 Å². The molecular formula is C17H21NO2. The van der Waals surface area contributed by atoms with E-state index in [-0.39, 0.29) is 12.5 Å². The van der Waals surface area contributed by atoms with Crippen LogP contribution in [0.15, 0.2) is 18.2 Å². The molecule has 20 heavy (non-hydrogen) atoms. The summed E-state index contributed by atoms with van der Waals surface area (Å²) in [5.74, 6) is 6.25. The fourth-order valence-electron chi connectivity index (χ4n) is 2.21. The average molecular weight is 271 g/mol. The molecule has 1 saturated carbocycles. The van der Waals surface area contributed by atoms with Crippen LogP contribution in [0.2, 0.25) is 0 Å². The fourth-order valence-corrected chi connectivity index (χ4v) is 2.21. The minimum Gasteiger partial charge on any atom is -0.384 e. The van der Waals surface area contributed by atoms with E-state index in [9.17, 15) is 4.79 Å². The quantitative estimate of drug-likeness (QED) is 0.853. The van der Waals surface area contributed by atoms with E-state index in [0.29, 0.717) is 5.92 Å². The van der Waals surface area contributed by atoms with Gasteiger partial charge in [0.25, 0.3) is 5.91 Å². The van der Waals surface area contributed by atoms with Crippen molar-refractivity contribution < 1.29 is 9.90 Å². The van der Waals surface area contributed by atoms with E-state index in [1.165, 1.54) is 12.8 Å². The summed E-state index contributed by atoms with van der Waals surface area (Å²) in [7, 11) is 0. The molecule has 1 fully saturated rings. The van der Waals surface area contributed by atoms with E-state index in [2.05, 4.69) is 11.8 Å². The van der Waals surface area contributed by atoms with Crippen LogP contribution in [-0.2, 0) is 0 Å². The molecule has 1 aromatic rings. The number of rotatable bonds is 4. The highest BCUT2D eigenvalue weighted by atomic mass is 16.2. The van der Waals surface area contributed by atoms with Gasteiger partial charge in [-0.05, 0) is 50.3 Å². The number of aliphatic hydroxyl groups is 1. The second kappa shape index (κ2) is 6.58. The van der Waals surface area contributed by atoms with Gasteiger partial charge in [-0.3, -0.25) is 4.79 Å². The Balaban J connectivity index is 2.22. The zero-order valence-corrected chi connectivity index (χ0v) is 12.1. The standard InChI is InChI=1S/C17H21NO2/c1-3-18(12-15-8-9-15)17(20)16-11-14(5-4-10-19)7-6-13(16)2/h6-7,11,15,19H,3,8-10,12H2,1-2H3. The number of amides is 1. The molecule has 0 spiro atoms. The average Bonchev–Trinajstić information content (AvgIpc) is 3.27. The first-order valence-corrected chi connectivity index (χ1v) is 7.15. The molecule has 2 rings (SSSR count). The van der Waals surface area contributed by atoms with Crippen molar-refractivity contribution in [2.24, 2.45) is 5.92 Å². The molecular weight excluding hydrogens is 250 g/mol. The summed E-state index contributed by atoms with van der Waals surface area (Å²) in [5.41, 5.74) is 2.46. The van der Waals surface area contributed by atoms with Crippen molar-refractivity contribution in [1.29, 1.82) is 0 Å². The van der Waals surface area contributed by atoms with Crippen LogP contribution in [-0.4, -0.2) is 35.6 Å². The van der Waals surface area contributed by atoms with Gasteiger partial charge in [-0.25, -0.2) is 0 Å². The monoisotopic (exact) mass is 271 g/mol. The van der Waals surface area contributed by atoms with Crippen molar-refractivity contribution in [1.82, 2.24) is 4.90 Å². The van der Waals surface area contributed by atoms with Gasteiger partial charge < -0.3 is 10.0 Å². The molecule has 0 bridgehead atoms. The van der Waals surface area contributed by atoms with Crippen LogP contribution in [0.1, 0.15) is 41.3 Å². The zero-order valence-electron chi connectivity index (χ0n) is 12.1. The Morgan fingerprint density at radius 2 is 2.20 bits per heavy atom. The molecule has 1 aliphatic carbocycles. The third-order valence-electron chi connectivity index (χ3n) is 3.62. The van der Waals surface area contributed by atoms with Crippen LogP contribution in [0.4, 0.5) is 0 Å². The van der Waals surface area contributed by atoms with Crippen LogP contribution in [0, 0.1) is 24.7 Å². The van der Waals surface area contributed by atoms with Gasteiger partial charge in [0, 0.05) is 24.2 Å². The summed E-state index contributed by atoms with van der Waals surface area (Å²) < 4.78 is 0. The van der Waals surface area contributed by atoms with Crippen LogP contribution < -0.4 is 0 Å². The summed E-state index contributed by atoms with van der Waals surface area (Å²) in [4.78, 5) is 14.5. The Bertz CT molecular complexity index is 550. The Kier molecular flexibility index (Phi) is 4.81. The van der Waals surface area contributed by atoms with Crippen LogP contribution >= 0.6 is 0 Å². The lowest BCUT2D eigenvalue weighted by atomic mass is 10.0. The number of carbonyl (C=O) groups is 1. The SMILES string of the molecule is CCN(CC1CC1)C(=O)c1cc(C#CCO)ccc1C. The molecule has 1 amide bonds. The fraction of sp³-hybridized carbons (Fsp3) is 0.471. The molecule has 1 aliphatic rings. The number of carbonyl (C=O) groups excluding carboxylic acids is 1. The molecule has 0 aliphatic heterocycles. The summed E-state index contributed by atoms with van der Waals surface area (Å²) in [6, 6.07) is 5.63. The van der Waals surface area contributed by atoms with Crippen molar-refractivity contribution in [3.8, 4) is 11.8 Å². The summed E-state index contributed by atoms with van der Waals surface area (Å²) in [6.45, 7) is 5.40. The van der Waals surface area contributed by atoms with Crippen LogP contribution in [0.25, 0.3) is 0 Å². The highest BCUT2D eigenvalue weighted by molar-refractivity contribution is 5.96. The summed E-state index contributed by atoms with van der Waals surface area (Å²) in [5, 5.41) is 8.74. The topological polar surface area (TPSA) is 40.5 Å². The molecule has 106 valence electrons. The van der Waals surface area contributed by atoms with E-state index in [4.69, 9.17) is 5.11 Å². The molecule has 0 atom stereocenters. The largest absolute Gasteiger partial charge is 0.384 e. The highest BCUT2D eigenvalue weighted by Crippen LogP contribution is 2.30. The zero-order chi connectivity index (χ0) is 14.5.